The van der Waals surface area contributed by atoms with Gasteiger partial charge in [0.15, 0.2) is 0 Å². The standard InChI is InChI=1S/C8H16O3/c1-6-4-7(10)5-8(11-6)2-3-9/h6-10H,2-5H2,1H3. The lowest BCUT2D eigenvalue weighted by molar-refractivity contribution is -0.0936. The lowest BCUT2D eigenvalue weighted by atomic mass is 10.0. The fourth-order valence-corrected chi connectivity index (χ4v) is 1.55. The lowest BCUT2D eigenvalue weighted by Crippen LogP contribution is -2.34. The van der Waals surface area contributed by atoms with Crippen LogP contribution in [0.3, 0.4) is 0 Å². The van der Waals surface area contributed by atoms with Gasteiger partial charge >= 0.3 is 0 Å². The molecular formula is C8H16O3. The predicted octanol–water partition coefficient (Wildman–Crippen LogP) is 0.297. The first-order chi connectivity index (χ1) is 5.22. The van der Waals surface area contributed by atoms with Gasteiger partial charge in [0.2, 0.25) is 0 Å². The summed E-state index contributed by atoms with van der Waals surface area (Å²) in [6.07, 6.45) is 1.98. The molecule has 0 aliphatic carbocycles. The molecule has 1 aliphatic heterocycles. The topological polar surface area (TPSA) is 49.7 Å². The molecule has 0 radical (unpaired) electrons. The van der Waals surface area contributed by atoms with Crippen LogP contribution in [-0.2, 0) is 4.74 Å². The maximum atomic E-state index is 9.32. The van der Waals surface area contributed by atoms with Crippen LogP contribution in [0.1, 0.15) is 26.2 Å². The molecule has 1 heterocycles. The molecule has 3 atom stereocenters. The molecule has 66 valence electrons. The van der Waals surface area contributed by atoms with E-state index in [9.17, 15) is 5.11 Å². The van der Waals surface area contributed by atoms with Gasteiger partial charge in [0.1, 0.15) is 0 Å². The van der Waals surface area contributed by atoms with E-state index < -0.39 is 0 Å². The smallest absolute Gasteiger partial charge is 0.0625 e. The van der Waals surface area contributed by atoms with Gasteiger partial charge in [-0.1, -0.05) is 0 Å². The summed E-state index contributed by atoms with van der Waals surface area (Å²) in [4.78, 5) is 0. The molecule has 0 aromatic rings. The van der Waals surface area contributed by atoms with Crippen LogP contribution in [0.15, 0.2) is 0 Å². The van der Waals surface area contributed by atoms with E-state index in [2.05, 4.69) is 0 Å². The van der Waals surface area contributed by atoms with Crippen LogP contribution in [0.25, 0.3) is 0 Å². The number of aliphatic hydroxyl groups is 2. The summed E-state index contributed by atoms with van der Waals surface area (Å²) in [5.41, 5.74) is 0. The summed E-state index contributed by atoms with van der Waals surface area (Å²) in [6.45, 7) is 2.09. The zero-order chi connectivity index (χ0) is 8.27. The zero-order valence-electron chi connectivity index (χ0n) is 6.86. The Morgan fingerprint density at radius 2 is 2.18 bits per heavy atom. The van der Waals surface area contributed by atoms with Crippen LogP contribution in [0.4, 0.5) is 0 Å². The van der Waals surface area contributed by atoms with Crippen LogP contribution in [-0.4, -0.2) is 35.1 Å². The van der Waals surface area contributed by atoms with Crippen molar-refractivity contribution in [2.75, 3.05) is 6.61 Å². The third kappa shape index (κ3) is 2.77. The van der Waals surface area contributed by atoms with Crippen molar-refractivity contribution in [3.8, 4) is 0 Å². The second-order valence-electron chi connectivity index (χ2n) is 3.21. The molecule has 0 amide bonds. The lowest BCUT2D eigenvalue weighted by Gasteiger charge is -2.30. The molecule has 1 fully saturated rings. The van der Waals surface area contributed by atoms with Gasteiger partial charge in [0.05, 0.1) is 18.3 Å². The Labute approximate surface area is 67.0 Å². The van der Waals surface area contributed by atoms with Crippen LogP contribution >= 0.6 is 0 Å². The number of aliphatic hydroxyl groups excluding tert-OH is 2. The first kappa shape index (κ1) is 8.97. The Hall–Kier alpha value is -0.120. The van der Waals surface area contributed by atoms with Gasteiger partial charge < -0.3 is 14.9 Å². The van der Waals surface area contributed by atoms with Crippen LogP contribution in [0, 0.1) is 0 Å². The van der Waals surface area contributed by atoms with Crippen molar-refractivity contribution in [3.05, 3.63) is 0 Å². The minimum Gasteiger partial charge on any atom is -0.396 e. The molecule has 2 N–H and O–H groups in total. The summed E-state index contributed by atoms with van der Waals surface area (Å²) in [7, 11) is 0. The van der Waals surface area contributed by atoms with Crippen LogP contribution < -0.4 is 0 Å². The average molecular weight is 160 g/mol. The maximum absolute atomic E-state index is 9.32. The molecule has 3 unspecified atom stereocenters. The van der Waals surface area contributed by atoms with Crippen molar-refractivity contribution in [1.29, 1.82) is 0 Å². The average Bonchev–Trinajstić information content (AvgIpc) is 1.85. The normalized spacial score (nSPS) is 39.0. The van der Waals surface area contributed by atoms with Gasteiger partial charge in [-0.2, -0.15) is 0 Å². The van der Waals surface area contributed by atoms with Crippen molar-refractivity contribution in [2.45, 2.75) is 44.5 Å². The molecule has 3 heteroatoms. The molecule has 0 aromatic carbocycles. The first-order valence-corrected chi connectivity index (χ1v) is 4.16. The Kier molecular flexibility index (Phi) is 3.30. The quantitative estimate of drug-likeness (QED) is 0.610. The second kappa shape index (κ2) is 4.04. The molecular weight excluding hydrogens is 144 g/mol. The van der Waals surface area contributed by atoms with E-state index >= 15 is 0 Å². The Bertz CT molecular complexity index is 106. The summed E-state index contributed by atoms with van der Waals surface area (Å²) < 4.78 is 5.48. The highest BCUT2D eigenvalue weighted by Crippen LogP contribution is 2.20. The Morgan fingerprint density at radius 1 is 1.45 bits per heavy atom. The molecule has 0 saturated carbocycles. The molecule has 3 nitrogen and oxygen atoms in total. The highest BCUT2D eigenvalue weighted by atomic mass is 16.5. The Morgan fingerprint density at radius 3 is 2.73 bits per heavy atom. The minimum atomic E-state index is -0.240. The van der Waals surface area contributed by atoms with E-state index in [1.165, 1.54) is 0 Å². The van der Waals surface area contributed by atoms with E-state index in [0.717, 1.165) is 6.42 Å². The van der Waals surface area contributed by atoms with Crippen molar-refractivity contribution < 1.29 is 14.9 Å². The number of hydrogen-bond donors (Lipinski definition) is 2. The second-order valence-corrected chi connectivity index (χ2v) is 3.21. The minimum absolute atomic E-state index is 0.0544. The van der Waals surface area contributed by atoms with Crippen molar-refractivity contribution in [1.82, 2.24) is 0 Å². The maximum Gasteiger partial charge on any atom is 0.0625 e. The summed E-state index contributed by atoms with van der Waals surface area (Å²) in [5.74, 6) is 0. The predicted molar refractivity (Wildman–Crippen MR) is 41.3 cm³/mol. The SMILES string of the molecule is CC1CC(O)CC(CCO)O1. The van der Waals surface area contributed by atoms with Gasteiger partial charge in [-0.3, -0.25) is 0 Å². The van der Waals surface area contributed by atoms with E-state index in [1.807, 2.05) is 6.92 Å². The first-order valence-electron chi connectivity index (χ1n) is 4.16. The van der Waals surface area contributed by atoms with E-state index in [-0.39, 0.29) is 24.9 Å². The monoisotopic (exact) mass is 160 g/mol. The number of ether oxygens (including phenoxy) is 1. The molecule has 0 bridgehead atoms. The van der Waals surface area contributed by atoms with E-state index in [1.54, 1.807) is 0 Å². The van der Waals surface area contributed by atoms with E-state index in [4.69, 9.17) is 9.84 Å². The summed E-state index contributed by atoms with van der Waals surface area (Å²) in [5, 5.41) is 17.9. The fraction of sp³-hybridized carbons (Fsp3) is 1.00. The summed E-state index contributed by atoms with van der Waals surface area (Å²) in [6, 6.07) is 0. The van der Waals surface area contributed by atoms with Gasteiger partial charge in [0.25, 0.3) is 0 Å². The van der Waals surface area contributed by atoms with Crippen LogP contribution in [0.2, 0.25) is 0 Å². The molecule has 11 heavy (non-hydrogen) atoms. The largest absolute Gasteiger partial charge is 0.396 e. The van der Waals surface area contributed by atoms with Gasteiger partial charge in [-0.15, -0.1) is 0 Å². The third-order valence-corrected chi connectivity index (χ3v) is 2.01. The van der Waals surface area contributed by atoms with E-state index in [0.29, 0.717) is 12.8 Å². The molecule has 1 rings (SSSR count). The Balaban J connectivity index is 2.30. The van der Waals surface area contributed by atoms with Gasteiger partial charge in [-0.25, -0.2) is 0 Å². The summed E-state index contributed by atoms with van der Waals surface area (Å²) >= 11 is 0. The number of rotatable bonds is 2. The van der Waals surface area contributed by atoms with Crippen molar-refractivity contribution >= 4 is 0 Å². The molecule has 1 saturated heterocycles. The molecule has 0 aromatic heterocycles. The molecule has 0 spiro atoms. The highest BCUT2D eigenvalue weighted by Gasteiger charge is 2.24. The van der Waals surface area contributed by atoms with Gasteiger partial charge in [0, 0.05) is 6.61 Å². The molecule has 1 aliphatic rings. The van der Waals surface area contributed by atoms with Gasteiger partial charge in [-0.05, 0) is 26.2 Å². The van der Waals surface area contributed by atoms with Crippen molar-refractivity contribution in [3.63, 3.8) is 0 Å². The van der Waals surface area contributed by atoms with Crippen molar-refractivity contribution in [2.24, 2.45) is 0 Å². The number of hydrogen-bond acceptors (Lipinski definition) is 3. The zero-order valence-corrected chi connectivity index (χ0v) is 6.86. The third-order valence-electron chi connectivity index (χ3n) is 2.01. The fourth-order valence-electron chi connectivity index (χ4n) is 1.55. The highest BCUT2D eigenvalue weighted by molar-refractivity contribution is 4.74. The van der Waals surface area contributed by atoms with Crippen LogP contribution in [0.5, 0.6) is 0 Å².